The molecule has 5 rings (SSSR count). The summed E-state index contributed by atoms with van der Waals surface area (Å²) in [5.41, 5.74) is 0.381. The minimum absolute atomic E-state index is 0.0224. The van der Waals surface area contributed by atoms with Crippen LogP contribution >= 0.6 is 0 Å². The van der Waals surface area contributed by atoms with E-state index < -0.39 is 77.0 Å². The number of alkyl halides is 4. The molecule has 4 aromatic rings. The SMILES string of the molecule is CCCCCC1CCC(c2ccc(-c3ccc(CCC(F)(F)Oc4cc(F)c(C(F)(F)Oc5cc(F)c(F)c(F)c5)c(F)c4)c(F)c3)cc2)CC1. The second kappa shape index (κ2) is 16.0. The van der Waals surface area contributed by atoms with E-state index in [2.05, 4.69) is 16.4 Å². The maximum Gasteiger partial charge on any atom is 0.432 e. The second-order valence-electron chi connectivity index (χ2n) is 13.0. The predicted molar refractivity (Wildman–Crippen MR) is 172 cm³/mol. The third kappa shape index (κ3) is 9.56. The Balaban J connectivity index is 1.18. The van der Waals surface area contributed by atoms with E-state index in [1.807, 2.05) is 24.3 Å². The van der Waals surface area contributed by atoms with Crippen LogP contribution in [-0.2, 0) is 12.5 Å². The van der Waals surface area contributed by atoms with Crippen molar-refractivity contribution in [1.82, 2.24) is 0 Å². The summed E-state index contributed by atoms with van der Waals surface area (Å²) in [6.07, 6.45) is -0.922. The smallest absolute Gasteiger partial charge is 0.432 e. The van der Waals surface area contributed by atoms with E-state index in [-0.39, 0.29) is 29.8 Å². The Hall–Kier alpha value is -4.22. The van der Waals surface area contributed by atoms with Gasteiger partial charge in [0.1, 0.15) is 34.5 Å². The summed E-state index contributed by atoms with van der Waals surface area (Å²) in [5, 5.41) is 0. The highest BCUT2D eigenvalue weighted by Gasteiger charge is 2.42. The number of ether oxygens (including phenoxy) is 2. The van der Waals surface area contributed by atoms with Crippen LogP contribution in [0.4, 0.5) is 43.9 Å². The highest BCUT2D eigenvalue weighted by Crippen LogP contribution is 2.40. The minimum atomic E-state index is -4.91. The summed E-state index contributed by atoms with van der Waals surface area (Å²) in [5.74, 6) is -11.9. The van der Waals surface area contributed by atoms with Crippen molar-refractivity contribution < 1.29 is 53.4 Å². The van der Waals surface area contributed by atoms with Crippen LogP contribution in [0.5, 0.6) is 11.5 Å². The first kappa shape index (κ1) is 38.0. The Morgan fingerprint density at radius 2 is 1.20 bits per heavy atom. The molecule has 0 radical (unpaired) electrons. The molecule has 0 aromatic heterocycles. The van der Waals surface area contributed by atoms with Crippen LogP contribution < -0.4 is 9.47 Å². The number of benzene rings is 4. The predicted octanol–water partition coefficient (Wildman–Crippen LogP) is 12.8. The number of unbranched alkanes of at least 4 members (excludes halogenated alkanes) is 2. The van der Waals surface area contributed by atoms with Gasteiger partial charge in [-0.1, -0.05) is 69.0 Å². The first-order chi connectivity index (χ1) is 24.2. The summed E-state index contributed by atoms with van der Waals surface area (Å²) < 4.78 is 151. The van der Waals surface area contributed by atoms with Gasteiger partial charge in [-0.15, -0.1) is 0 Å². The van der Waals surface area contributed by atoms with Crippen molar-refractivity contribution in [2.45, 2.75) is 89.3 Å². The van der Waals surface area contributed by atoms with Crippen molar-refractivity contribution in [1.29, 1.82) is 0 Å². The van der Waals surface area contributed by atoms with Gasteiger partial charge in [0.15, 0.2) is 17.5 Å². The second-order valence-corrected chi connectivity index (χ2v) is 13.0. The van der Waals surface area contributed by atoms with Gasteiger partial charge in [-0.25, -0.2) is 26.3 Å². The van der Waals surface area contributed by atoms with Crippen molar-refractivity contribution in [2.24, 2.45) is 5.92 Å². The number of hydrogen-bond acceptors (Lipinski definition) is 2. The molecule has 51 heavy (non-hydrogen) atoms. The first-order valence-corrected chi connectivity index (χ1v) is 16.8. The van der Waals surface area contributed by atoms with Gasteiger partial charge in [-0.05, 0) is 72.3 Å². The third-order valence-corrected chi connectivity index (χ3v) is 9.29. The van der Waals surface area contributed by atoms with Gasteiger partial charge >= 0.3 is 12.2 Å². The Labute approximate surface area is 289 Å². The zero-order chi connectivity index (χ0) is 36.9. The van der Waals surface area contributed by atoms with Crippen molar-refractivity contribution in [3.63, 3.8) is 0 Å². The lowest BCUT2D eigenvalue weighted by atomic mass is 9.77. The van der Waals surface area contributed by atoms with Crippen molar-refractivity contribution in [2.75, 3.05) is 0 Å². The van der Waals surface area contributed by atoms with Gasteiger partial charge in [0.05, 0.1) is 6.42 Å². The van der Waals surface area contributed by atoms with Crippen LogP contribution in [0.3, 0.4) is 0 Å². The molecule has 1 aliphatic carbocycles. The standard InChI is InChI=1S/C39H36F10O2/c1-2-3-4-5-23-6-8-24(9-7-23)25-10-12-26(13-11-25)28-15-14-27(31(40)18-28)16-17-38(46,47)50-29-19-32(41)36(33(42)20-29)39(48,49)51-30-21-34(43)37(45)35(44)22-30/h10-15,18-24H,2-9,16-17H2,1H3. The average molecular weight is 727 g/mol. The fourth-order valence-electron chi connectivity index (χ4n) is 6.53. The van der Waals surface area contributed by atoms with Gasteiger partial charge in [-0.3, -0.25) is 0 Å². The number of rotatable bonds is 14. The molecule has 0 atom stereocenters. The van der Waals surface area contributed by atoms with Gasteiger partial charge < -0.3 is 9.47 Å². The fraction of sp³-hybridized carbons (Fsp3) is 0.385. The van der Waals surface area contributed by atoms with Crippen LogP contribution in [0.1, 0.15) is 87.3 Å². The molecule has 0 aliphatic heterocycles. The molecule has 0 bridgehead atoms. The molecule has 274 valence electrons. The molecule has 12 heteroatoms. The summed E-state index contributed by atoms with van der Waals surface area (Å²) in [6, 6.07) is 12.2. The van der Waals surface area contributed by atoms with Gasteiger partial charge in [0, 0.05) is 24.3 Å². The molecule has 1 fully saturated rings. The molecule has 0 unspecified atom stereocenters. The molecule has 1 aliphatic rings. The van der Waals surface area contributed by atoms with E-state index in [4.69, 9.17) is 0 Å². The Bertz CT molecular complexity index is 1750. The summed E-state index contributed by atoms with van der Waals surface area (Å²) in [7, 11) is 0. The van der Waals surface area contributed by atoms with Crippen LogP contribution in [0.15, 0.2) is 66.7 Å². The Morgan fingerprint density at radius 3 is 1.78 bits per heavy atom. The van der Waals surface area contributed by atoms with Gasteiger partial charge in [0.2, 0.25) is 0 Å². The fourth-order valence-corrected chi connectivity index (χ4v) is 6.53. The highest BCUT2D eigenvalue weighted by atomic mass is 19.3. The third-order valence-electron chi connectivity index (χ3n) is 9.29. The molecular weight excluding hydrogens is 690 g/mol. The average Bonchev–Trinajstić information content (AvgIpc) is 3.06. The van der Waals surface area contributed by atoms with Crippen LogP contribution in [0.25, 0.3) is 11.1 Å². The maximum absolute atomic E-state index is 15.0. The van der Waals surface area contributed by atoms with E-state index in [1.54, 1.807) is 6.07 Å². The van der Waals surface area contributed by atoms with Crippen molar-refractivity contribution in [3.05, 3.63) is 118 Å². The largest absolute Gasteiger partial charge is 0.432 e. The van der Waals surface area contributed by atoms with E-state index in [9.17, 15) is 39.5 Å². The normalized spacial score (nSPS) is 16.7. The lowest BCUT2D eigenvalue weighted by Gasteiger charge is -2.29. The van der Waals surface area contributed by atoms with Crippen molar-refractivity contribution >= 4 is 0 Å². The first-order valence-electron chi connectivity index (χ1n) is 16.8. The van der Waals surface area contributed by atoms with E-state index >= 15 is 4.39 Å². The minimum Gasteiger partial charge on any atom is -0.432 e. The quantitative estimate of drug-likeness (QED) is 0.0732. The molecular formula is C39H36F10O2. The Morgan fingerprint density at radius 1 is 0.627 bits per heavy atom. The molecule has 0 saturated heterocycles. The monoisotopic (exact) mass is 726 g/mol. The van der Waals surface area contributed by atoms with Crippen molar-refractivity contribution in [3.8, 4) is 22.6 Å². The molecule has 1 saturated carbocycles. The Kier molecular flexibility index (Phi) is 11.9. The summed E-state index contributed by atoms with van der Waals surface area (Å²) in [6.45, 7) is 2.21. The maximum atomic E-state index is 15.0. The van der Waals surface area contributed by atoms with Crippen LogP contribution in [0, 0.1) is 40.8 Å². The zero-order valence-electron chi connectivity index (χ0n) is 27.7. The molecule has 0 amide bonds. The van der Waals surface area contributed by atoms with E-state index in [0.29, 0.717) is 11.5 Å². The van der Waals surface area contributed by atoms with E-state index in [0.717, 1.165) is 24.3 Å². The van der Waals surface area contributed by atoms with E-state index in [1.165, 1.54) is 56.2 Å². The zero-order valence-corrected chi connectivity index (χ0v) is 27.7. The topological polar surface area (TPSA) is 18.5 Å². The van der Waals surface area contributed by atoms with Crippen LogP contribution in [0.2, 0.25) is 0 Å². The molecule has 0 spiro atoms. The number of hydrogen-bond donors (Lipinski definition) is 0. The van der Waals surface area contributed by atoms with Gasteiger partial charge in [-0.2, -0.15) is 17.6 Å². The molecule has 4 aromatic carbocycles. The summed E-state index contributed by atoms with van der Waals surface area (Å²) >= 11 is 0. The molecule has 0 heterocycles. The number of halogens is 10. The lowest BCUT2D eigenvalue weighted by Crippen LogP contribution is -2.27. The summed E-state index contributed by atoms with van der Waals surface area (Å²) in [4.78, 5) is 0. The van der Waals surface area contributed by atoms with Crippen LogP contribution in [-0.4, -0.2) is 6.11 Å². The van der Waals surface area contributed by atoms with Gasteiger partial charge in [0.25, 0.3) is 0 Å². The molecule has 0 N–H and O–H groups in total. The number of aryl methyl sites for hydroxylation is 1. The highest BCUT2D eigenvalue weighted by molar-refractivity contribution is 5.64. The molecule has 2 nitrogen and oxygen atoms in total. The lowest BCUT2D eigenvalue weighted by molar-refractivity contribution is -0.190.